The summed E-state index contributed by atoms with van der Waals surface area (Å²) < 4.78 is 11.4. The molecule has 15 heavy (non-hydrogen) atoms. The number of hydrogen-bond donors (Lipinski definition) is 1. The highest BCUT2D eigenvalue weighted by molar-refractivity contribution is 9.10. The van der Waals surface area contributed by atoms with E-state index >= 15 is 0 Å². The van der Waals surface area contributed by atoms with Crippen molar-refractivity contribution in [2.75, 3.05) is 14.2 Å². The van der Waals surface area contributed by atoms with Gasteiger partial charge in [-0.3, -0.25) is 0 Å². The van der Waals surface area contributed by atoms with Crippen molar-refractivity contribution in [2.24, 2.45) is 5.73 Å². The van der Waals surface area contributed by atoms with Crippen molar-refractivity contribution < 1.29 is 9.47 Å². The highest BCUT2D eigenvalue weighted by atomic mass is 79.9. The van der Waals surface area contributed by atoms with Gasteiger partial charge in [0.15, 0.2) is 11.5 Å². The maximum Gasteiger partial charge on any atom is 0.175 e. The third kappa shape index (κ3) is 2.86. The van der Waals surface area contributed by atoms with Gasteiger partial charge in [0.05, 0.1) is 18.7 Å². The molecule has 1 rings (SSSR count). The van der Waals surface area contributed by atoms with Crippen LogP contribution in [0, 0.1) is 0 Å². The van der Waals surface area contributed by atoms with Gasteiger partial charge < -0.3 is 15.2 Å². The van der Waals surface area contributed by atoms with Crippen molar-refractivity contribution in [3.8, 4) is 11.5 Å². The van der Waals surface area contributed by atoms with Gasteiger partial charge in [0.1, 0.15) is 0 Å². The van der Waals surface area contributed by atoms with E-state index in [0.29, 0.717) is 0 Å². The predicted octanol–water partition coefficient (Wildman–Crippen LogP) is 2.36. The van der Waals surface area contributed by atoms with E-state index in [-0.39, 0.29) is 6.04 Å². The molecule has 1 aromatic rings. The fraction of sp³-hybridized carbons (Fsp3) is 0.455. The van der Waals surface area contributed by atoms with Crippen LogP contribution in [-0.2, 0) is 6.42 Å². The standard InChI is InChI=1S/C11H16BrNO2/c1-7(13)6-8-4-5-9(14-2)11(15-3)10(8)12/h4-5,7H,6,13H2,1-3H3/t7-/m1/s1. The first-order valence-electron chi connectivity index (χ1n) is 4.75. The van der Waals surface area contributed by atoms with Gasteiger partial charge in [0.25, 0.3) is 0 Å². The molecule has 0 spiro atoms. The molecule has 3 nitrogen and oxygen atoms in total. The van der Waals surface area contributed by atoms with Crippen molar-refractivity contribution >= 4 is 15.9 Å². The van der Waals surface area contributed by atoms with E-state index in [4.69, 9.17) is 15.2 Å². The average Bonchev–Trinajstić information content (AvgIpc) is 2.20. The Morgan fingerprint density at radius 2 is 2.00 bits per heavy atom. The summed E-state index contributed by atoms with van der Waals surface area (Å²) in [6.07, 6.45) is 0.806. The molecule has 2 N–H and O–H groups in total. The predicted molar refractivity (Wildman–Crippen MR) is 64.6 cm³/mol. The van der Waals surface area contributed by atoms with Crippen LogP contribution in [0.4, 0.5) is 0 Å². The molecule has 0 aliphatic rings. The number of halogens is 1. The van der Waals surface area contributed by atoms with Gasteiger partial charge in [-0.25, -0.2) is 0 Å². The molecule has 0 fully saturated rings. The first kappa shape index (κ1) is 12.3. The number of methoxy groups -OCH3 is 2. The van der Waals surface area contributed by atoms with Crippen molar-refractivity contribution in [1.82, 2.24) is 0 Å². The normalized spacial score (nSPS) is 12.3. The van der Waals surface area contributed by atoms with Gasteiger partial charge in [-0.15, -0.1) is 0 Å². The Kier molecular flexibility index (Phi) is 4.42. The fourth-order valence-corrected chi connectivity index (χ4v) is 2.09. The molecule has 0 aromatic heterocycles. The van der Waals surface area contributed by atoms with E-state index in [1.165, 1.54) is 0 Å². The second-order valence-corrected chi connectivity index (χ2v) is 4.25. The lowest BCUT2D eigenvalue weighted by Crippen LogP contribution is -2.18. The van der Waals surface area contributed by atoms with E-state index in [2.05, 4.69) is 15.9 Å². The molecule has 0 radical (unpaired) electrons. The van der Waals surface area contributed by atoms with Crippen molar-refractivity contribution in [3.05, 3.63) is 22.2 Å². The number of ether oxygens (including phenoxy) is 2. The Morgan fingerprint density at radius 3 is 2.47 bits per heavy atom. The largest absolute Gasteiger partial charge is 0.493 e. The second kappa shape index (κ2) is 5.37. The maximum atomic E-state index is 5.76. The van der Waals surface area contributed by atoms with Gasteiger partial charge in [-0.05, 0) is 40.9 Å². The topological polar surface area (TPSA) is 44.5 Å². The van der Waals surface area contributed by atoms with Crippen LogP contribution >= 0.6 is 15.9 Å². The van der Waals surface area contributed by atoms with Crippen LogP contribution in [0.1, 0.15) is 12.5 Å². The minimum Gasteiger partial charge on any atom is -0.493 e. The van der Waals surface area contributed by atoms with Crippen molar-refractivity contribution in [2.45, 2.75) is 19.4 Å². The van der Waals surface area contributed by atoms with Crippen LogP contribution < -0.4 is 15.2 Å². The van der Waals surface area contributed by atoms with Gasteiger partial charge in [-0.1, -0.05) is 6.07 Å². The molecule has 0 saturated heterocycles. The molecule has 0 unspecified atom stereocenters. The van der Waals surface area contributed by atoms with E-state index < -0.39 is 0 Å². The smallest absolute Gasteiger partial charge is 0.175 e. The van der Waals surface area contributed by atoms with Crippen molar-refractivity contribution in [3.63, 3.8) is 0 Å². The Morgan fingerprint density at radius 1 is 1.33 bits per heavy atom. The molecule has 1 atom stereocenters. The summed E-state index contributed by atoms with van der Waals surface area (Å²) in [5.74, 6) is 1.44. The van der Waals surface area contributed by atoms with Crippen LogP contribution in [-0.4, -0.2) is 20.3 Å². The SMILES string of the molecule is COc1ccc(C[C@@H](C)N)c(Br)c1OC. The summed E-state index contributed by atoms with van der Waals surface area (Å²) in [6, 6.07) is 4.01. The van der Waals surface area contributed by atoms with Gasteiger partial charge >= 0.3 is 0 Å². The monoisotopic (exact) mass is 273 g/mol. The molecule has 0 aliphatic carbocycles. The van der Waals surface area contributed by atoms with Gasteiger partial charge in [0.2, 0.25) is 0 Å². The van der Waals surface area contributed by atoms with Gasteiger partial charge in [-0.2, -0.15) is 0 Å². The molecular formula is C11H16BrNO2. The van der Waals surface area contributed by atoms with Gasteiger partial charge in [0, 0.05) is 6.04 Å². The minimum atomic E-state index is 0.124. The first-order valence-corrected chi connectivity index (χ1v) is 5.54. The average molecular weight is 274 g/mol. The van der Waals surface area contributed by atoms with E-state index in [1.54, 1.807) is 14.2 Å². The number of nitrogens with two attached hydrogens (primary N) is 1. The maximum absolute atomic E-state index is 5.76. The summed E-state index contributed by atoms with van der Waals surface area (Å²) >= 11 is 3.50. The molecule has 0 aliphatic heterocycles. The quantitative estimate of drug-likeness (QED) is 0.916. The number of hydrogen-bond acceptors (Lipinski definition) is 3. The number of rotatable bonds is 4. The Labute approximate surface area is 98.7 Å². The minimum absolute atomic E-state index is 0.124. The van der Waals surface area contributed by atoms with Crippen LogP contribution in [0.25, 0.3) is 0 Å². The third-order valence-corrected chi connectivity index (χ3v) is 2.98. The highest BCUT2D eigenvalue weighted by Crippen LogP contribution is 2.37. The zero-order valence-electron chi connectivity index (χ0n) is 9.21. The molecule has 84 valence electrons. The first-order chi connectivity index (χ1) is 7.10. The summed E-state index contributed by atoms with van der Waals surface area (Å²) in [7, 11) is 3.24. The fourth-order valence-electron chi connectivity index (χ4n) is 1.43. The van der Waals surface area contributed by atoms with Crippen LogP contribution in [0.15, 0.2) is 16.6 Å². The van der Waals surface area contributed by atoms with Crippen LogP contribution in [0.2, 0.25) is 0 Å². The number of benzene rings is 1. The molecule has 4 heteroatoms. The molecular weight excluding hydrogens is 258 g/mol. The summed E-state index contributed by atoms with van der Waals surface area (Å²) in [6.45, 7) is 1.98. The lowest BCUT2D eigenvalue weighted by Gasteiger charge is -2.14. The highest BCUT2D eigenvalue weighted by Gasteiger charge is 2.13. The Bertz CT molecular complexity index is 340. The van der Waals surface area contributed by atoms with Crippen LogP contribution in [0.5, 0.6) is 11.5 Å². The zero-order valence-corrected chi connectivity index (χ0v) is 10.8. The summed E-state index contributed by atoms with van der Waals surface area (Å²) in [5.41, 5.74) is 6.89. The van der Waals surface area contributed by atoms with E-state index in [0.717, 1.165) is 28.0 Å². The Balaban J connectivity index is 3.11. The molecule has 1 aromatic carbocycles. The van der Waals surface area contributed by atoms with Crippen LogP contribution in [0.3, 0.4) is 0 Å². The second-order valence-electron chi connectivity index (χ2n) is 3.46. The van der Waals surface area contributed by atoms with E-state index in [1.807, 2.05) is 19.1 Å². The summed E-state index contributed by atoms with van der Waals surface area (Å²) in [4.78, 5) is 0. The molecule has 0 saturated carbocycles. The third-order valence-electron chi connectivity index (χ3n) is 2.11. The Hall–Kier alpha value is -0.740. The lowest BCUT2D eigenvalue weighted by molar-refractivity contribution is 0.352. The molecule has 0 bridgehead atoms. The molecule has 0 amide bonds. The lowest BCUT2D eigenvalue weighted by atomic mass is 10.1. The zero-order chi connectivity index (χ0) is 11.4. The van der Waals surface area contributed by atoms with E-state index in [9.17, 15) is 0 Å². The molecule has 0 heterocycles. The van der Waals surface area contributed by atoms with Crippen molar-refractivity contribution in [1.29, 1.82) is 0 Å². The summed E-state index contributed by atoms with van der Waals surface area (Å²) in [5, 5.41) is 0.